The minimum Gasteiger partial charge on any atom is -0.477 e. The Balaban J connectivity index is 1.90. The fourth-order valence-corrected chi connectivity index (χ4v) is 3.96. The highest BCUT2D eigenvalue weighted by Crippen LogP contribution is 2.22. The van der Waals surface area contributed by atoms with Crippen molar-refractivity contribution in [1.29, 1.82) is 0 Å². The van der Waals surface area contributed by atoms with Gasteiger partial charge < -0.3 is 10.4 Å². The van der Waals surface area contributed by atoms with Crippen LogP contribution in [0.5, 0.6) is 0 Å². The molecular weight excluding hydrogens is 284 g/mol. The van der Waals surface area contributed by atoms with Crippen molar-refractivity contribution in [3.05, 3.63) is 24.0 Å². The number of hydrogen-bond acceptors (Lipinski definition) is 5. The molecular formula is C12H14N2O5S. The maximum Gasteiger partial charge on any atom is 0.354 e. The zero-order valence-corrected chi connectivity index (χ0v) is 11.4. The first kappa shape index (κ1) is 14.4. The Morgan fingerprint density at radius 1 is 1.40 bits per heavy atom. The largest absolute Gasteiger partial charge is 0.477 e. The number of hydrogen-bond donors (Lipinski definition) is 2. The molecule has 1 aliphatic heterocycles. The van der Waals surface area contributed by atoms with Gasteiger partial charge in [0.1, 0.15) is 5.69 Å². The Hall–Kier alpha value is -1.96. The number of nitrogens with one attached hydrogen (secondary N) is 1. The molecule has 1 atom stereocenters. The maximum absolute atomic E-state index is 11.7. The lowest BCUT2D eigenvalue weighted by molar-refractivity contribution is -0.116. The third-order valence-electron chi connectivity index (χ3n) is 3.07. The van der Waals surface area contributed by atoms with Crippen LogP contribution in [-0.2, 0) is 14.6 Å². The van der Waals surface area contributed by atoms with Crippen molar-refractivity contribution < 1.29 is 23.1 Å². The summed E-state index contributed by atoms with van der Waals surface area (Å²) in [6.07, 6.45) is 1.90. The lowest BCUT2D eigenvalue weighted by Gasteiger charge is -2.08. The zero-order chi connectivity index (χ0) is 14.8. The van der Waals surface area contributed by atoms with E-state index in [1.165, 1.54) is 18.3 Å². The molecule has 0 saturated carbocycles. The third kappa shape index (κ3) is 3.77. The van der Waals surface area contributed by atoms with Gasteiger partial charge in [-0.3, -0.25) is 4.79 Å². The van der Waals surface area contributed by atoms with E-state index in [-0.39, 0.29) is 35.4 Å². The summed E-state index contributed by atoms with van der Waals surface area (Å²) >= 11 is 0. The smallest absolute Gasteiger partial charge is 0.354 e. The minimum absolute atomic E-state index is 0.0522. The molecule has 1 fully saturated rings. The second-order valence-electron chi connectivity index (χ2n) is 4.76. The molecule has 1 aromatic rings. The van der Waals surface area contributed by atoms with E-state index >= 15 is 0 Å². The molecule has 1 amide bonds. The van der Waals surface area contributed by atoms with E-state index in [1.807, 2.05) is 0 Å². The quantitative estimate of drug-likeness (QED) is 0.838. The molecule has 0 bridgehead atoms. The van der Waals surface area contributed by atoms with Gasteiger partial charge in [-0.15, -0.1) is 0 Å². The summed E-state index contributed by atoms with van der Waals surface area (Å²) in [6.45, 7) is 0. The van der Waals surface area contributed by atoms with E-state index in [2.05, 4.69) is 10.3 Å². The summed E-state index contributed by atoms with van der Waals surface area (Å²) in [6, 6.07) is 2.73. The number of anilines is 1. The van der Waals surface area contributed by atoms with E-state index in [0.29, 0.717) is 12.1 Å². The molecule has 2 N–H and O–H groups in total. The number of sulfone groups is 1. The molecule has 2 heterocycles. The van der Waals surface area contributed by atoms with Crippen molar-refractivity contribution in [1.82, 2.24) is 4.98 Å². The van der Waals surface area contributed by atoms with Crippen LogP contribution in [0.1, 0.15) is 23.3 Å². The van der Waals surface area contributed by atoms with Gasteiger partial charge in [-0.2, -0.15) is 0 Å². The second kappa shape index (κ2) is 5.58. The molecule has 0 spiro atoms. The van der Waals surface area contributed by atoms with E-state index in [4.69, 9.17) is 5.11 Å². The highest BCUT2D eigenvalue weighted by molar-refractivity contribution is 7.91. The fraction of sp³-hybridized carbons (Fsp3) is 0.417. The highest BCUT2D eigenvalue weighted by Gasteiger charge is 2.29. The van der Waals surface area contributed by atoms with Gasteiger partial charge in [-0.05, 0) is 24.5 Å². The normalized spacial score (nSPS) is 20.5. The standard InChI is InChI=1S/C12H14N2O5S/c15-11(5-8-3-4-20(18,19)7-8)14-9-1-2-10(12(16)17)13-6-9/h1-2,6,8H,3-5,7H2,(H,14,15)(H,16,17). The molecule has 7 nitrogen and oxygen atoms in total. The van der Waals surface area contributed by atoms with Crippen LogP contribution < -0.4 is 5.32 Å². The molecule has 0 radical (unpaired) electrons. The summed E-state index contributed by atoms with van der Waals surface area (Å²) in [4.78, 5) is 26.0. The van der Waals surface area contributed by atoms with Gasteiger partial charge in [0.2, 0.25) is 5.91 Å². The van der Waals surface area contributed by atoms with Crippen LogP contribution in [0, 0.1) is 5.92 Å². The van der Waals surface area contributed by atoms with Crippen molar-refractivity contribution in [2.45, 2.75) is 12.8 Å². The van der Waals surface area contributed by atoms with Gasteiger partial charge in [0.15, 0.2) is 9.84 Å². The summed E-state index contributed by atoms with van der Waals surface area (Å²) < 4.78 is 22.6. The van der Waals surface area contributed by atoms with E-state index in [0.717, 1.165) is 0 Å². The van der Waals surface area contributed by atoms with E-state index in [9.17, 15) is 18.0 Å². The van der Waals surface area contributed by atoms with Gasteiger partial charge in [-0.25, -0.2) is 18.2 Å². The first-order valence-electron chi connectivity index (χ1n) is 6.05. The van der Waals surface area contributed by atoms with Gasteiger partial charge in [0.25, 0.3) is 0 Å². The van der Waals surface area contributed by atoms with Crippen molar-refractivity contribution in [2.24, 2.45) is 5.92 Å². The number of amides is 1. The van der Waals surface area contributed by atoms with E-state index in [1.54, 1.807) is 0 Å². The van der Waals surface area contributed by atoms with Gasteiger partial charge in [0.05, 0.1) is 23.4 Å². The van der Waals surface area contributed by atoms with Crippen molar-refractivity contribution in [3.63, 3.8) is 0 Å². The van der Waals surface area contributed by atoms with E-state index < -0.39 is 15.8 Å². The lowest BCUT2D eigenvalue weighted by atomic mass is 10.1. The van der Waals surface area contributed by atoms with Crippen LogP contribution in [0.4, 0.5) is 5.69 Å². The molecule has 0 aliphatic carbocycles. The van der Waals surface area contributed by atoms with Gasteiger partial charge >= 0.3 is 5.97 Å². The number of carbonyl (C=O) groups excluding carboxylic acids is 1. The molecule has 108 valence electrons. The monoisotopic (exact) mass is 298 g/mol. The zero-order valence-electron chi connectivity index (χ0n) is 10.6. The first-order valence-corrected chi connectivity index (χ1v) is 7.87. The second-order valence-corrected chi connectivity index (χ2v) is 6.99. The van der Waals surface area contributed by atoms with Crippen LogP contribution in [0.15, 0.2) is 18.3 Å². The molecule has 1 unspecified atom stereocenters. The Morgan fingerprint density at radius 3 is 2.65 bits per heavy atom. The predicted octanol–water partition coefficient (Wildman–Crippen LogP) is 0.543. The van der Waals surface area contributed by atoms with Crippen LogP contribution in [0.3, 0.4) is 0 Å². The Morgan fingerprint density at radius 2 is 2.15 bits per heavy atom. The molecule has 0 aromatic carbocycles. The fourth-order valence-electron chi connectivity index (χ4n) is 2.10. The SMILES string of the molecule is O=C(CC1CCS(=O)(=O)C1)Nc1ccc(C(=O)O)nc1. The van der Waals surface area contributed by atoms with Crippen molar-refractivity contribution >= 4 is 27.4 Å². The average Bonchev–Trinajstić information content (AvgIpc) is 2.69. The molecule has 2 rings (SSSR count). The Bertz CT molecular complexity index is 624. The van der Waals surface area contributed by atoms with Crippen LogP contribution in [0.25, 0.3) is 0 Å². The summed E-state index contributed by atoms with van der Waals surface area (Å²) in [5, 5.41) is 11.3. The number of nitrogens with zero attached hydrogens (tertiary/aromatic N) is 1. The molecule has 1 aliphatic rings. The van der Waals surface area contributed by atoms with Crippen molar-refractivity contribution in [3.8, 4) is 0 Å². The van der Waals surface area contributed by atoms with Crippen LogP contribution in [-0.4, -0.2) is 41.9 Å². The summed E-state index contributed by atoms with van der Waals surface area (Å²) in [5.41, 5.74) is 0.283. The molecule has 8 heteroatoms. The number of carboxylic acid groups (broad SMARTS) is 1. The highest BCUT2D eigenvalue weighted by atomic mass is 32.2. The Kier molecular flexibility index (Phi) is 4.03. The third-order valence-corrected chi connectivity index (χ3v) is 4.90. The molecule has 1 saturated heterocycles. The van der Waals surface area contributed by atoms with Crippen LogP contribution >= 0.6 is 0 Å². The number of aromatic carboxylic acids is 1. The molecule has 20 heavy (non-hydrogen) atoms. The number of aromatic nitrogens is 1. The lowest BCUT2D eigenvalue weighted by Crippen LogP contribution is -2.17. The number of carbonyl (C=O) groups is 2. The predicted molar refractivity (Wildman–Crippen MR) is 71.2 cm³/mol. The topological polar surface area (TPSA) is 113 Å². The summed E-state index contributed by atoms with van der Waals surface area (Å²) in [7, 11) is -2.99. The van der Waals surface area contributed by atoms with Gasteiger partial charge in [0, 0.05) is 6.42 Å². The number of rotatable bonds is 4. The van der Waals surface area contributed by atoms with Crippen molar-refractivity contribution in [2.75, 3.05) is 16.8 Å². The average molecular weight is 298 g/mol. The Labute approximate surface area is 115 Å². The minimum atomic E-state index is -2.99. The van der Waals surface area contributed by atoms with Gasteiger partial charge in [-0.1, -0.05) is 0 Å². The number of carboxylic acids is 1. The summed E-state index contributed by atoms with van der Waals surface area (Å²) in [5.74, 6) is -1.39. The number of pyridine rings is 1. The van der Waals surface area contributed by atoms with Crippen LogP contribution in [0.2, 0.25) is 0 Å². The maximum atomic E-state index is 11.7. The first-order chi connectivity index (χ1) is 9.35. The molecule has 1 aromatic heterocycles.